The molecule has 0 aromatic heterocycles. The van der Waals surface area contributed by atoms with Crippen LogP contribution in [-0.4, -0.2) is 108 Å². The monoisotopic (exact) mass is 527 g/mol. The van der Waals surface area contributed by atoms with Crippen LogP contribution in [0.15, 0.2) is 17.0 Å². The predicted octanol–water partition coefficient (Wildman–Crippen LogP) is 2.69. The van der Waals surface area contributed by atoms with Gasteiger partial charge in [-0.25, -0.2) is 8.42 Å². The number of ether oxygens (including phenoxy) is 3. The van der Waals surface area contributed by atoms with Gasteiger partial charge in [-0.05, 0) is 76.4 Å². The van der Waals surface area contributed by atoms with Crippen molar-refractivity contribution in [1.82, 2.24) is 14.1 Å². The Bertz CT molecular complexity index is 932. The van der Waals surface area contributed by atoms with Crippen LogP contribution in [0.2, 0.25) is 0 Å². The van der Waals surface area contributed by atoms with Gasteiger partial charge in [0.15, 0.2) is 0 Å². The zero-order chi connectivity index (χ0) is 26.9. The summed E-state index contributed by atoms with van der Waals surface area (Å²) in [5, 5.41) is 0. The summed E-state index contributed by atoms with van der Waals surface area (Å²) in [6.45, 7) is 8.44. The van der Waals surface area contributed by atoms with Gasteiger partial charge in [0.1, 0.15) is 12.4 Å². The van der Waals surface area contributed by atoms with Gasteiger partial charge >= 0.3 is 0 Å². The third-order valence-corrected chi connectivity index (χ3v) is 9.18. The maximum atomic E-state index is 13.1. The molecule has 2 atom stereocenters. The van der Waals surface area contributed by atoms with Crippen molar-refractivity contribution in [2.75, 3.05) is 67.7 Å². The fourth-order valence-corrected chi connectivity index (χ4v) is 6.08. The fraction of sp³-hybridized carbons (Fsp3) is 0.731. The Kier molecular flexibility index (Phi) is 12.1. The quantitative estimate of drug-likeness (QED) is 0.344. The Morgan fingerprint density at radius 3 is 2.33 bits per heavy atom. The smallest absolute Gasteiger partial charge is 0.248 e. The van der Waals surface area contributed by atoms with E-state index in [-0.39, 0.29) is 42.7 Å². The third kappa shape index (κ3) is 8.41. The van der Waals surface area contributed by atoms with Crippen LogP contribution in [0.3, 0.4) is 0 Å². The minimum Gasteiger partial charge on any atom is -0.497 e. The van der Waals surface area contributed by atoms with Crippen LogP contribution in [0.1, 0.15) is 43.7 Å². The first-order valence-corrected chi connectivity index (χ1v) is 14.2. The maximum absolute atomic E-state index is 13.1. The second-order valence-corrected chi connectivity index (χ2v) is 11.7. The number of sulfonamides is 1. The Morgan fingerprint density at radius 1 is 1.06 bits per heavy atom. The number of aryl methyl sites for hydroxylation is 2. The predicted molar refractivity (Wildman–Crippen MR) is 141 cm³/mol. The number of benzene rings is 1. The molecule has 1 unspecified atom stereocenters. The van der Waals surface area contributed by atoms with Crippen LogP contribution in [-0.2, 0) is 24.3 Å². The molecule has 206 valence electrons. The topological polar surface area (TPSA) is 88.6 Å². The second-order valence-electron chi connectivity index (χ2n) is 9.68. The van der Waals surface area contributed by atoms with Gasteiger partial charge in [0.25, 0.3) is 0 Å². The summed E-state index contributed by atoms with van der Waals surface area (Å²) >= 11 is 0. The first-order valence-electron chi connectivity index (χ1n) is 12.8. The van der Waals surface area contributed by atoms with Gasteiger partial charge in [0.05, 0.1) is 31.3 Å². The average molecular weight is 528 g/mol. The molecule has 9 nitrogen and oxygen atoms in total. The molecule has 1 aliphatic carbocycles. The van der Waals surface area contributed by atoms with Gasteiger partial charge in [-0.1, -0.05) is 6.92 Å². The molecular formula is C26H45N3O6S. The summed E-state index contributed by atoms with van der Waals surface area (Å²) in [5.41, 5.74) is 1.26. The van der Waals surface area contributed by atoms with Crippen LogP contribution < -0.4 is 4.74 Å². The number of amides is 1. The lowest BCUT2D eigenvalue weighted by Crippen LogP contribution is -2.44. The highest BCUT2D eigenvalue weighted by Gasteiger charge is 2.28. The Labute approximate surface area is 217 Å². The largest absolute Gasteiger partial charge is 0.497 e. The van der Waals surface area contributed by atoms with Crippen molar-refractivity contribution in [2.24, 2.45) is 0 Å². The number of hydrogen-bond donors (Lipinski definition) is 0. The lowest BCUT2D eigenvalue weighted by Gasteiger charge is -2.35. The Balaban J connectivity index is 1.80. The Morgan fingerprint density at radius 2 is 1.72 bits per heavy atom. The van der Waals surface area contributed by atoms with Gasteiger partial charge in [-0.15, -0.1) is 0 Å². The molecule has 1 fully saturated rings. The van der Waals surface area contributed by atoms with Crippen LogP contribution in [0, 0.1) is 13.8 Å². The molecule has 2 rings (SSSR count). The third-order valence-electron chi connectivity index (χ3n) is 7.02. The van der Waals surface area contributed by atoms with E-state index in [2.05, 4.69) is 18.9 Å². The molecule has 1 aromatic rings. The average Bonchev–Trinajstić information content (AvgIpc) is 2.85. The second kappa shape index (κ2) is 14.3. The van der Waals surface area contributed by atoms with E-state index in [0.29, 0.717) is 23.5 Å². The summed E-state index contributed by atoms with van der Waals surface area (Å²) < 4.78 is 44.4. The highest BCUT2D eigenvalue weighted by molar-refractivity contribution is 7.89. The van der Waals surface area contributed by atoms with Crippen LogP contribution in [0.5, 0.6) is 5.75 Å². The number of carbonyl (C=O) groups excluding carboxylic acids is 1. The molecule has 1 amide bonds. The van der Waals surface area contributed by atoms with E-state index in [9.17, 15) is 13.2 Å². The van der Waals surface area contributed by atoms with E-state index in [0.717, 1.165) is 38.8 Å². The van der Waals surface area contributed by atoms with Crippen molar-refractivity contribution < 1.29 is 27.4 Å². The molecule has 1 aliphatic rings. The lowest BCUT2D eigenvalue weighted by atomic mass is 9.92. The first kappa shape index (κ1) is 30.5. The summed E-state index contributed by atoms with van der Waals surface area (Å²) in [4.78, 5) is 17.0. The van der Waals surface area contributed by atoms with Crippen molar-refractivity contribution in [2.45, 2.75) is 63.5 Å². The van der Waals surface area contributed by atoms with Gasteiger partial charge in [0.2, 0.25) is 15.9 Å². The molecule has 0 aliphatic heterocycles. The van der Waals surface area contributed by atoms with Crippen molar-refractivity contribution in [1.29, 1.82) is 0 Å². The first-order chi connectivity index (χ1) is 17.0. The lowest BCUT2D eigenvalue weighted by molar-refractivity contribution is -0.138. The highest BCUT2D eigenvalue weighted by atomic mass is 32.2. The minimum atomic E-state index is -3.70. The Hall–Kier alpha value is -1.72. The molecule has 1 aromatic carbocycles. The van der Waals surface area contributed by atoms with E-state index < -0.39 is 10.0 Å². The summed E-state index contributed by atoms with van der Waals surface area (Å²) in [5.74, 6) is 0.524. The number of methoxy groups -OCH3 is 1. The highest BCUT2D eigenvalue weighted by Crippen LogP contribution is 2.28. The van der Waals surface area contributed by atoms with Crippen molar-refractivity contribution >= 4 is 15.9 Å². The van der Waals surface area contributed by atoms with Gasteiger partial charge in [-0.3, -0.25) is 4.79 Å². The van der Waals surface area contributed by atoms with E-state index in [1.807, 2.05) is 7.05 Å². The summed E-state index contributed by atoms with van der Waals surface area (Å²) in [6, 6.07) is 3.56. The van der Waals surface area contributed by atoms with Crippen LogP contribution in [0.4, 0.5) is 0 Å². The number of nitrogens with zero attached hydrogens (tertiary/aromatic N) is 3. The van der Waals surface area contributed by atoms with E-state index in [4.69, 9.17) is 14.2 Å². The normalized spacial score (nSPS) is 18.6. The van der Waals surface area contributed by atoms with E-state index in [1.54, 1.807) is 38.0 Å². The SMILES string of the molecule is CCN(C)CCO[C@H]1CCCC(N(C)C(=O)COCCN(C)S(=O)(=O)c2c(C)cc(OC)cc2C)C1. The number of rotatable bonds is 14. The number of likely N-dealkylation sites (N-methyl/N-ethyl adjacent to an activating group) is 3. The molecule has 0 spiro atoms. The zero-order valence-corrected chi connectivity index (χ0v) is 23.9. The van der Waals surface area contributed by atoms with Crippen molar-refractivity contribution in [3.63, 3.8) is 0 Å². The van der Waals surface area contributed by atoms with Gasteiger partial charge in [-0.2, -0.15) is 4.31 Å². The minimum absolute atomic E-state index is 0.0751. The number of hydrogen-bond acceptors (Lipinski definition) is 7. The molecular weight excluding hydrogens is 482 g/mol. The standard InChI is InChI=1S/C26H45N3O6S/c1-8-27(4)12-15-35-23-11-9-10-22(18-23)29(6)25(30)19-34-14-13-28(5)36(31,32)26-20(2)16-24(33-7)17-21(26)3/h16-17,22-23H,8-15,18-19H2,1-7H3/t22?,23-/m0/s1. The van der Waals surface area contributed by atoms with E-state index in [1.165, 1.54) is 11.4 Å². The molecule has 36 heavy (non-hydrogen) atoms. The number of carbonyl (C=O) groups is 1. The van der Waals surface area contributed by atoms with Crippen molar-refractivity contribution in [3.8, 4) is 5.75 Å². The molecule has 0 bridgehead atoms. The molecule has 0 radical (unpaired) electrons. The molecule has 10 heteroatoms. The summed E-state index contributed by atoms with van der Waals surface area (Å²) in [6.07, 6.45) is 4.02. The fourth-order valence-electron chi connectivity index (χ4n) is 4.53. The molecule has 0 heterocycles. The van der Waals surface area contributed by atoms with E-state index >= 15 is 0 Å². The van der Waals surface area contributed by atoms with Gasteiger partial charge < -0.3 is 24.0 Å². The molecule has 0 saturated heterocycles. The molecule has 1 saturated carbocycles. The summed E-state index contributed by atoms with van der Waals surface area (Å²) in [7, 11) is 3.28. The van der Waals surface area contributed by atoms with Crippen LogP contribution in [0.25, 0.3) is 0 Å². The van der Waals surface area contributed by atoms with Crippen LogP contribution >= 0.6 is 0 Å². The maximum Gasteiger partial charge on any atom is 0.248 e. The van der Waals surface area contributed by atoms with Gasteiger partial charge in [0, 0.05) is 33.2 Å². The van der Waals surface area contributed by atoms with Crippen molar-refractivity contribution in [3.05, 3.63) is 23.3 Å². The zero-order valence-electron chi connectivity index (χ0n) is 23.1. The molecule has 0 N–H and O–H groups in total.